The summed E-state index contributed by atoms with van der Waals surface area (Å²) in [7, 11) is 1.93. The van der Waals surface area contributed by atoms with Crippen molar-refractivity contribution >= 4 is 0 Å². The molecule has 1 aromatic heterocycles. The molecule has 0 unspecified atom stereocenters. The summed E-state index contributed by atoms with van der Waals surface area (Å²) in [5.41, 5.74) is 0. The molecule has 1 rings (SSSR count). The van der Waals surface area contributed by atoms with Crippen LogP contribution in [-0.4, -0.2) is 9.90 Å². The van der Waals surface area contributed by atoms with Gasteiger partial charge in [0.25, 0.3) is 0 Å². The summed E-state index contributed by atoms with van der Waals surface area (Å²) < 4.78 is 3.78. The highest BCUT2D eigenvalue weighted by atomic mass is 35.5. The van der Waals surface area contributed by atoms with Gasteiger partial charge in [0.1, 0.15) is 13.6 Å². The number of aryl methyl sites for hydroxylation is 2. The van der Waals surface area contributed by atoms with Gasteiger partial charge in [0.05, 0.1) is 5.21 Å². The van der Waals surface area contributed by atoms with Crippen molar-refractivity contribution in [1.29, 1.82) is 0 Å². The first kappa shape index (κ1) is 10.4. The van der Waals surface area contributed by atoms with E-state index < -0.39 is 0 Å². The van der Waals surface area contributed by atoms with Crippen molar-refractivity contribution in [3.05, 3.63) is 12.4 Å². The lowest BCUT2D eigenvalue weighted by Crippen LogP contribution is -3.00. The Morgan fingerprint density at radius 2 is 2.27 bits per heavy atom. The summed E-state index contributed by atoms with van der Waals surface area (Å²) in [6, 6.07) is 0. The SMILES string of the molecule is CCCCn1cc[n+](C)n1.[Cl-]. The van der Waals surface area contributed by atoms with Crippen LogP contribution in [0.2, 0.25) is 0 Å². The molecule has 0 atom stereocenters. The third-order valence-electron chi connectivity index (χ3n) is 1.45. The lowest BCUT2D eigenvalue weighted by molar-refractivity contribution is -0.732. The fourth-order valence-electron chi connectivity index (χ4n) is 0.854. The molecule has 64 valence electrons. The first-order valence-electron chi connectivity index (χ1n) is 3.72. The number of hydrogen-bond acceptors (Lipinski definition) is 1. The molecule has 4 heteroatoms. The molecule has 0 saturated carbocycles. The van der Waals surface area contributed by atoms with Crippen LogP contribution >= 0.6 is 0 Å². The summed E-state index contributed by atoms with van der Waals surface area (Å²) in [6.07, 6.45) is 6.39. The van der Waals surface area contributed by atoms with Crippen molar-refractivity contribution in [2.75, 3.05) is 0 Å². The Hall–Kier alpha value is -0.570. The standard InChI is InChI=1S/C7H14N3.ClH/c1-3-4-5-10-7-6-9(2)8-10;/h6-7H,3-5H2,1-2H3;1H/q+1;/p-1. The lowest BCUT2D eigenvalue weighted by atomic mass is 10.3. The van der Waals surface area contributed by atoms with Gasteiger partial charge in [0.15, 0.2) is 12.4 Å². The van der Waals surface area contributed by atoms with Crippen LogP contribution < -0.4 is 17.1 Å². The monoisotopic (exact) mass is 175 g/mol. The van der Waals surface area contributed by atoms with Crippen molar-refractivity contribution in [1.82, 2.24) is 9.90 Å². The van der Waals surface area contributed by atoms with Crippen molar-refractivity contribution in [3.63, 3.8) is 0 Å². The second kappa shape index (κ2) is 5.13. The third kappa shape index (κ3) is 3.37. The van der Waals surface area contributed by atoms with Crippen LogP contribution in [0.15, 0.2) is 12.4 Å². The Labute approximate surface area is 73.4 Å². The summed E-state index contributed by atoms with van der Waals surface area (Å²) in [4.78, 5) is 0. The molecule has 0 aliphatic heterocycles. The number of aromatic nitrogens is 3. The Kier molecular flexibility index (Phi) is 4.86. The Balaban J connectivity index is 0.000001000. The van der Waals surface area contributed by atoms with E-state index in [2.05, 4.69) is 12.1 Å². The Bertz CT molecular complexity index is 197. The van der Waals surface area contributed by atoms with Crippen molar-refractivity contribution in [3.8, 4) is 0 Å². The summed E-state index contributed by atoms with van der Waals surface area (Å²) in [5, 5.41) is 4.18. The molecule has 3 nitrogen and oxygen atoms in total. The lowest BCUT2D eigenvalue weighted by Gasteiger charge is -1.88. The molecule has 0 aliphatic rings. The zero-order chi connectivity index (χ0) is 7.40. The van der Waals surface area contributed by atoms with Crippen LogP contribution in [0.3, 0.4) is 0 Å². The molecular weight excluding hydrogens is 162 g/mol. The van der Waals surface area contributed by atoms with Gasteiger partial charge in [-0.1, -0.05) is 13.3 Å². The molecule has 1 aromatic rings. The molecule has 0 N–H and O–H groups in total. The minimum Gasteiger partial charge on any atom is -1.00 e. The first-order chi connectivity index (χ1) is 4.83. The average Bonchev–Trinajstić information content (AvgIpc) is 2.31. The molecule has 1 heterocycles. The van der Waals surface area contributed by atoms with Crippen LogP contribution in [-0.2, 0) is 13.6 Å². The first-order valence-corrected chi connectivity index (χ1v) is 3.72. The molecule has 0 fully saturated rings. The van der Waals surface area contributed by atoms with E-state index in [0.29, 0.717) is 0 Å². The molecular formula is C7H14ClN3. The molecule has 0 amide bonds. The van der Waals surface area contributed by atoms with Crippen molar-refractivity contribution in [2.45, 2.75) is 26.3 Å². The summed E-state index contributed by atoms with van der Waals surface area (Å²) in [6.45, 7) is 3.22. The molecule has 0 bridgehead atoms. The van der Waals surface area contributed by atoms with E-state index in [1.54, 1.807) is 0 Å². The maximum absolute atomic E-state index is 4.18. The molecule has 11 heavy (non-hydrogen) atoms. The Morgan fingerprint density at radius 1 is 1.55 bits per heavy atom. The largest absolute Gasteiger partial charge is 1.00 e. The van der Waals surface area contributed by atoms with Gasteiger partial charge in [0, 0.05) is 0 Å². The molecule has 0 saturated heterocycles. The zero-order valence-corrected chi connectivity index (χ0v) is 7.75. The average molecular weight is 176 g/mol. The van der Waals surface area contributed by atoms with E-state index in [9.17, 15) is 0 Å². The van der Waals surface area contributed by atoms with Gasteiger partial charge in [-0.15, -0.1) is 9.36 Å². The maximum atomic E-state index is 4.18. The second-order valence-electron chi connectivity index (χ2n) is 2.48. The highest BCUT2D eigenvalue weighted by molar-refractivity contribution is 4.56. The second-order valence-corrected chi connectivity index (χ2v) is 2.48. The number of unbranched alkanes of at least 4 members (excludes halogenated alkanes) is 1. The molecule has 0 spiro atoms. The van der Waals surface area contributed by atoms with Crippen LogP contribution in [0.1, 0.15) is 19.8 Å². The van der Waals surface area contributed by atoms with Crippen LogP contribution in [0.5, 0.6) is 0 Å². The van der Waals surface area contributed by atoms with Crippen LogP contribution in [0.25, 0.3) is 0 Å². The maximum Gasteiger partial charge on any atom is 0.155 e. The molecule has 0 radical (unpaired) electrons. The van der Waals surface area contributed by atoms with E-state index in [1.165, 1.54) is 12.8 Å². The van der Waals surface area contributed by atoms with Gasteiger partial charge in [-0.2, -0.15) is 0 Å². The Morgan fingerprint density at radius 3 is 2.73 bits per heavy atom. The van der Waals surface area contributed by atoms with E-state index >= 15 is 0 Å². The highest BCUT2D eigenvalue weighted by Crippen LogP contribution is 1.89. The zero-order valence-electron chi connectivity index (χ0n) is 7.00. The van der Waals surface area contributed by atoms with Crippen molar-refractivity contribution < 1.29 is 17.1 Å². The predicted octanol–water partition coefficient (Wildman–Crippen LogP) is -2.49. The fourth-order valence-corrected chi connectivity index (χ4v) is 0.854. The van der Waals surface area contributed by atoms with E-state index in [-0.39, 0.29) is 12.4 Å². The van der Waals surface area contributed by atoms with E-state index in [4.69, 9.17) is 0 Å². The minimum atomic E-state index is 0. The van der Waals surface area contributed by atoms with E-state index in [0.717, 1.165) is 6.54 Å². The highest BCUT2D eigenvalue weighted by Gasteiger charge is 1.98. The van der Waals surface area contributed by atoms with Gasteiger partial charge in [-0.3, -0.25) is 0 Å². The smallest absolute Gasteiger partial charge is 0.155 e. The fraction of sp³-hybridized carbons (Fsp3) is 0.714. The number of rotatable bonds is 3. The predicted molar refractivity (Wildman–Crippen MR) is 38.3 cm³/mol. The van der Waals surface area contributed by atoms with E-state index in [1.807, 2.05) is 28.8 Å². The minimum absolute atomic E-state index is 0. The van der Waals surface area contributed by atoms with Gasteiger partial charge in [-0.25, -0.2) is 0 Å². The summed E-state index contributed by atoms with van der Waals surface area (Å²) >= 11 is 0. The van der Waals surface area contributed by atoms with Gasteiger partial charge >= 0.3 is 0 Å². The quantitative estimate of drug-likeness (QED) is 0.466. The molecule has 0 aliphatic carbocycles. The summed E-state index contributed by atoms with van der Waals surface area (Å²) in [5.74, 6) is 0. The molecule has 0 aromatic carbocycles. The van der Waals surface area contributed by atoms with Gasteiger partial charge < -0.3 is 12.4 Å². The number of halogens is 1. The van der Waals surface area contributed by atoms with Crippen LogP contribution in [0, 0.1) is 0 Å². The number of hydrogen-bond donors (Lipinski definition) is 0. The third-order valence-corrected chi connectivity index (χ3v) is 1.45. The topological polar surface area (TPSA) is 21.7 Å². The van der Waals surface area contributed by atoms with Gasteiger partial charge in [-0.05, 0) is 6.42 Å². The normalized spacial score (nSPS) is 9.27. The van der Waals surface area contributed by atoms with Gasteiger partial charge in [0.2, 0.25) is 0 Å². The number of nitrogens with zero attached hydrogens (tertiary/aromatic N) is 3. The van der Waals surface area contributed by atoms with Crippen molar-refractivity contribution in [2.24, 2.45) is 7.05 Å². The van der Waals surface area contributed by atoms with Crippen LogP contribution in [0.4, 0.5) is 0 Å².